The van der Waals surface area contributed by atoms with Crippen molar-refractivity contribution in [3.05, 3.63) is 46.6 Å². The van der Waals surface area contributed by atoms with Crippen LogP contribution < -0.4 is 0 Å². The molecule has 29 heavy (non-hydrogen) atoms. The molecule has 0 aliphatic heterocycles. The summed E-state index contributed by atoms with van der Waals surface area (Å²) in [4.78, 5) is 23.8. The number of rotatable bonds is 10. The number of ketones is 1. The average Bonchev–Trinajstić information content (AvgIpc) is 2.57. The van der Waals surface area contributed by atoms with Crippen LogP contribution in [0.3, 0.4) is 0 Å². The Morgan fingerprint density at radius 3 is 2.17 bits per heavy atom. The maximum Gasteiger partial charge on any atom is 0.303 e. The van der Waals surface area contributed by atoms with Crippen molar-refractivity contribution in [2.24, 2.45) is 5.92 Å². The molecule has 160 valence electrons. The Hall–Kier alpha value is -2.56. The molecule has 1 atom stereocenters. The number of aryl methyl sites for hydroxylation is 1. The minimum Gasteiger partial charge on any atom is -0.508 e. The molecular formula is C24H34O5. The molecule has 5 nitrogen and oxygen atoms in total. The molecule has 0 amide bonds. The van der Waals surface area contributed by atoms with Crippen molar-refractivity contribution in [2.75, 3.05) is 0 Å². The van der Waals surface area contributed by atoms with Gasteiger partial charge >= 0.3 is 5.97 Å². The molecule has 0 saturated heterocycles. The lowest BCUT2D eigenvalue weighted by molar-refractivity contribution is -0.151. The number of benzene rings is 1. The van der Waals surface area contributed by atoms with Crippen LogP contribution >= 0.6 is 0 Å². The fourth-order valence-corrected chi connectivity index (χ4v) is 3.09. The molecular weight excluding hydrogens is 368 g/mol. The van der Waals surface area contributed by atoms with Crippen LogP contribution in [-0.4, -0.2) is 28.1 Å². The molecule has 0 spiro atoms. The van der Waals surface area contributed by atoms with Gasteiger partial charge in [-0.25, -0.2) is 0 Å². The largest absolute Gasteiger partial charge is 0.508 e. The maximum absolute atomic E-state index is 12.4. The van der Waals surface area contributed by atoms with Gasteiger partial charge in [0.15, 0.2) is 11.9 Å². The molecule has 0 fully saturated rings. The molecule has 0 radical (unpaired) electrons. The fourth-order valence-electron chi connectivity index (χ4n) is 3.09. The lowest BCUT2D eigenvalue weighted by Crippen LogP contribution is -2.28. The lowest BCUT2D eigenvalue weighted by Gasteiger charge is -2.18. The van der Waals surface area contributed by atoms with Crippen LogP contribution in [0.5, 0.6) is 11.5 Å². The zero-order valence-corrected chi connectivity index (χ0v) is 18.4. The highest BCUT2D eigenvalue weighted by molar-refractivity contribution is 5.88. The smallest absolute Gasteiger partial charge is 0.303 e. The van der Waals surface area contributed by atoms with Crippen molar-refractivity contribution in [2.45, 2.75) is 73.3 Å². The molecule has 0 aromatic heterocycles. The number of aromatic hydroxyl groups is 2. The minimum atomic E-state index is -0.819. The number of esters is 1. The van der Waals surface area contributed by atoms with Gasteiger partial charge in [0.1, 0.15) is 11.5 Å². The Bertz CT molecular complexity index is 763. The van der Waals surface area contributed by atoms with E-state index in [4.69, 9.17) is 4.74 Å². The number of carbonyl (C=O) groups excluding carboxylic acids is 2. The van der Waals surface area contributed by atoms with E-state index in [1.165, 1.54) is 6.92 Å². The van der Waals surface area contributed by atoms with Gasteiger partial charge in [-0.2, -0.15) is 0 Å². The molecule has 2 N–H and O–H groups in total. The summed E-state index contributed by atoms with van der Waals surface area (Å²) in [7, 11) is 0. The number of phenolic OH excluding ortho intramolecular Hbond substituents is 2. The number of ether oxygens (including phenoxy) is 1. The second-order valence-corrected chi connectivity index (χ2v) is 8.08. The first-order valence-corrected chi connectivity index (χ1v) is 10.0. The molecule has 0 bridgehead atoms. The maximum atomic E-state index is 12.4. The predicted molar refractivity (Wildman–Crippen MR) is 115 cm³/mol. The number of hydrogen-bond donors (Lipinski definition) is 2. The summed E-state index contributed by atoms with van der Waals surface area (Å²) in [5.74, 6) is -0.159. The van der Waals surface area contributed by atoms with Crippen molar-refractivity contribution < 1.29 is 24.5 Å². The average molecular weight is 403 g/mol. The summed E-state index contributed by atoms with van der Waals surface area (Å²) < 4.78 is 5.25. The van der Waals surface area contributed by atoms with Crippen molar-refractivity contribution >= 4 is 11.8 Å². The second-order valence-electron chi connectivity index (χ2n) is 8.08. The van der Waals surface area contributed by atoms with Gasteiger partial charge in [-0.3, -0.25) is 9.59 Å². The molecule has 0 heterocycles. The zero-order chi connectivity index (χ0) is 22.1. The number of carbonyl (C=O) groups is 2. The highest BCUT2D eigenvalue weighted by Crippen LogP contribution is 2.29. The van der Waals surface area contributed by atoms with E-state index in [1.807, 2.05) is 46.8 Å². The quantitative estimate of drug-likeness (QED) is 0.417. The third kappa shape index (κ3) is 8.55. The Kier molecular flexibility index (Phi) is 9.66. The van der Waals surface area contributed by atoms with Crippen molar-refractivity contribution in [1.29, 1.82) is 0 Å². The van der Waals surface area contributed by atoms with E-state index >= 15 is 0 Å². The van der Waals surface area contributed by atoms with Crippen molar-refractivity contribution in [1.82, 2.24) is 0 Å². The third-order valence-corrected chi connectivity index (χ3v) is 4.61. The fraction of sp³-hybridized carbons (Fsp3) is 0.500. The number of phenols is 2. The number of allylic oxidation sites excluding steroid dienone is 3. The molecule has 1 aromatic carbocycles. The summed E-state index contributed by atoms with van der Waals surface area (Å²) in [6.07, 6.45) is 5.36. The van der Waals surface area contributed by atoms with E-state index in [2.05, 4.69) is 0 Å². The Balaban J connectivity index is 2.74. The summed E-state index contributed by atoms with van der Waals surface area (Å²) >= 11 is 0. The van der Waals surface area contributed by atoms with Gasteiger partial charge in [0, 0.05) is 18.9 Å². The monoisotopic (exact) mass is 402 g/mol. The van der Waals surface area contributed by atoms with Gasteiger partial charge in [0.25, 0.3) is 0 Å². The second kappa shape index (κ2) is 11.4. The van der Waals surface area contributed by atoms with Crippen molar-refractivity contribution in [3.8, 4) is 11.5 Å². The van der Waals surface area contributed by atoms with Crippen LogP contribution in [0.25, 0.3) is 0 Å². The van der Waals surface area contributed by atoms with E-state index < -0.39 is 12.1 Å². The molecule has 1 rings (SSSR count). The van der Waals surface area contributed by atoms with E-state index in [9.17, 15) is 19.8 Å². The topological polar surface area (TPSA) is 83.8 Å². The lowest BCUT2D eigenvalue weighted by atomic mass is 9.97. The first-order chi connectivity index (χ1) is 13.5. The highest BCUT2D eigenvalue weighted by Gasteiger charge is 2.23. The van der Waals surface area contributed by atoms with E-state index in [0.29, 0.717) is 24.8 Å². The van der Waals surface area contributed by atoms with E-state index in [-0.39, 0.29) is 23.2 Å². The summed E-state index contributed by atoms with van der Waals surface area (Å²) in [5, 5.41) is 20.0. The number of Topliss-reactive ketones (excluding diaryl/α,β-unsaturated/α-hetero) is 1. The minimum absolute atomic E-state index is 0.0819. The van der Waals surface area contributed by atoms with Crippen LogP contribution in [0, 0.1) is 12.8 Å². The molecule has 1 aromatic rings. The van der Waals surface area contributed by atoms with Crippen molar-refractivity contribution in [3.63, 3.8) is 0 Å². The van der Waals surface area contributed by atoms with Crippen LogP contribution in [0.15, 0.2) is 35.4 Å². The Morgan fingerprint density at radius 2 is 1.66 bits per heavy atom. The standard InChI is InChI=1S/C24H34O5/c1-15(2)12-23(28)24(29-19(6)25)18(5)9-7-8-16(3)10-11-20-21(26)13-17(4)14-22(20)27/h9-10,13-15,24,26-27H,7-8,11-12H2,1-6H3. The van der Waals surface area contributed by atoms with Crippen LogP contribution in [-0.2, 0) is 20.7 Å². The summed E-state index contributed by atoms with van der Waals surface area (Å²) in [6.45, 7) is 10.8. The Morgan fingerprint density at radius 1 is 1.07 bits per heavy atom. The van der Waals surface area contributed by atoms with E-state index in [1.54, 1.807) is 12.1 Å². The Labute approximate surface area is 174 Å². The third-order valence-electron chi connectivity index (χ3n) is 4.61. The predicted octanol–water partition coefficient (Wildman–Crippen LogP) is 5.17. The van der Waals surface area contributed by atoms with Gasteiger partial charge in [0.2, 0.25) is 0 Å². The molecule has 5 heteroatoms. The van der Waals surface area contributed by atoms with Gasteiger partial charge in [-0.15, -0.1) is 0 Å². The summed E-state index contributed by atoms with van der Waals surface area (Å²) in [6, 6.07) is 3.27. The first-order valence-electron chi connectivity index (χ1n) is 10.0. The molecule has 0 saturated carbocycles. The van der Waals surface area contributed by atoms with Gasteiger partial charge in [-0.05, 0) is 69.2 Å². The molecule has 0 aliphatic rings. The molecule has 0 aliphatic carbocycles. The zero-order valence-electron chi connectivity index (χ0n) is 18.4. The van der Waals surface area contributed by atoms with Gasteiger partial charge < -0.3 is 14.9 Å². The highest BCUT2D eigenvalue weighted by atomic mass is 16.5. The SMILES string of the molecule is CC(=O)OC(C(=O)CC(C)C)C(C)=CCCC(C)=CCc1c(O)cc(C)cc1O. The van der Waals surface area contributed by atoms with Crippen LogP contribution in [0.4, 0.5) is 0 Å². The molecule has 1 unspecified atom stereocenters. The summed E-state index contributed by atoms with van der Waals surface area (Å²) in [5.41, 5.74) is 3.16. The van der Waals surface area contributed by atoms with E-state index in [0.717, 1.165) is 23.1 Å². The van der Waals surface area contributed by atoms with Gasteiger partial charge in [0.05, 0.1) is 0 Å². The first kappa shape index (κ1) is 24.5. The normalized spacial score (nSPS) is 13.5. The van der Waals surface area contributed by atoms with Crippen LogP contribution in [0.1, 0.15) is 65.0 Å². The van der Waals surface area contributed by atoms with Crippen LogP contribution in [0.2, 0.25) is 0 Å². The van der Waals surface area contributed by atoms with Gasteiger partial charge in [-0.1, -0.05) is 31.6 Å². The number of hydrogen-bond acceptors (Lipinski definition) is 5.